The van der Waals surface area contributed by atoms with E-state index in [1.807, 2.05) is 63.2 Å². The second-order valence-corrected chi connectivity index (χ2v) is 17.2. The van der Waals surface area contributed by atoms with Crippen molar-refractivity contribution in [1.82, 2.24) is 0 Å². The first-order chi connectivity index (χ1) is 23.8. The lowest BCUT2D eigenvalue weighted by Gasteiger charge is -2.39. The highest BCUT2D eigenvalue weighted by Gasteiger charge is 2.34. The minimum atomic E-state index is -0.137. The van der Waals surface area contributed by atoms with Crippen molar-refractivity contribution in [1.29, 1.82) is 0 Å². The molecule has 2 aliphatic rings. The molecule has 49 heavy (non-hydrogen) atoms. The van der Waals surface area contributed by atoms with E-state index in [4.69, 9.17) is 9.47 Å². The van der Waals surface area contributed by atoms with Gasteiger partial charge in [-0.15, -0.1) is 0 Å². The zero-order valence-corrected chi connectivity index (χ0v) is 31.6. The highest BCUT2D eigenvalue weighted by Crippen LogP contribution is 2.56. The summed E-state index contributed by atoms with van der Waals surface area (Å²) in [6.45, 7) is 12.5. The number of carbonyl (C=O) groups is 1. The van der Waals surface area contributed by atoms with Crippen LogP contribution >= 0.6 is 7.92 Å². The highest BCUT2D eigenvalue weighted by atomic mass is 31.1. The third-order valence-electron chi connectivity index (χ3n) is 9.94. The summed E-state index contributed by atoms with van der Waals surface area (Å²) >= 11 is 0. The maximum absolute atomic E-state index is 11.2. The summed E-state index contributed by atoms with van der Waals surface area (Å²) in [5.74, 6) is 1.88. The topological polar surface area (TPSA) is 35.5 Å². The lowest BCUT2D eigenvalue weighted by atomic mass is 9.95. The molecule has 0 atom stereocenters. The number of carbonyl (C=O) groups excluding carboxylic acids is 1. The van der Waals surface area contributed by atoms with Crippen molar-refractivity contribution in [3.05, 3.63) is 102 Å². The Morgan fingerprint density at radius 3 is 1.51 bits per heavy atom. The van der Waals surface area contributed by atoms with Crippen molar-refractivity contribution in [3.63, 3.8) is 0 Å². The molecule has 0 radical (unpaired) electrons. The summed E-state index contributed by atoms with van der Waals surface area (Å²) in [7, 11) is -0.137. The van der Waals surface area contributed by atoms with Gasteiger partial charge >= 0.3 is 0 Å². The predicted octanol–water partition coefficient (Wildman–Crippen LogP) is 12.5. The molecule has 4 heteroatoms. The molecule has 0 aromatic heterocycles. The number of hydrogen-bond donors (Lipinski definition) is 0. The van der Waals surface area contributed by atoms with Crippen LogP contribution in [0.4, 0.5) is 0 Å². The molecule has 6 rings (SSSR count). The number of hydrogen-bond acceptors (Lipinski definition) is 3. The Morgan fingerprint density at radius 2 is 1.02 bits per heavy atom. The number of aldehydes is 1. The van der Waals surface area contributed by atoms with Crippen molar-refractivity contribution in [2.45, 2.75) is 129 Å². The van der Waals surface area contributed by atoms with Crippen LogP contribution in [0.15, 0.2) is 84.9 Å². The normalized spacial score (nSPS) is 15.6. The molecule has 0 heterocycles. The van der Waals surface area contributed by atoms with Crippen LogP contribution in [0.25, 0.3) is 22.3 Å². The molecule has 0 bridgehead atoms. The smallest absolute Gasteiger partial charge is 0.150 e. The Kier molecular flexibility index (Phi) is 13.5. The van der Waals surface area contributed by atoms with E-state index in [0.717, 1.165) is 45.8 Å². The minimum Gasteiger partial charge on any atom is -0.490 e. The van der Waals surface area contributed by atoms with Crippen LogP contribution in [-0.2, 0) is 0 Å². The van der Waals surface area contributed by atoms with E-state index in [9.17, 15) is 4.79 Å². The fourth-order valence-electron chi connectivity index (χ4n) is 7.82. The molecule has 0 saturated heterocycles. The van der Waals surface area contributed by atoms with Crippen LogP contribution in [0.1, 0.15) is 113 Å². The molecule has 2 aliphatic carbocycles. The van der Waals surface area contributed by atoms with Crippen molar-refractivity contribution < 1.29 is 14.3 Å². The van der Waals surface area contributed by atoms with Crippen molar-refractivity contribution >= 4 is 19.5 Å². The minimum absolute atomic E-state index is 0.101. The summed E-state index contributed by atoms with van der Waals surface area (Å²) < 4.78 is 12.2. The monoisotopic (exact) mass is 676 g/mol. The lowest BCUT2D eigenvalue weighted by Crippen LogP contribution is -2.27. The van der Waals surface area contributed by atoms with Crippen LogP contribution in [0.2, 0.25) is 0 Å². The predicted molar refractivity (Wildman–Crippen MR) is 210 cm³/mol. The average Bonchev–Trinajstić information content (AvgIpc) is 3.10. The quantitative estimate of drug-likeness (QED) is 0.124. The first-order valence-corrected chi connectivity index (χ1v) is 20.2. The van der Waals surface area contributed by atoms with Gasteiger partial charge in [0.1, 0.15) is 11.5 Å². The Labute approximate surface area is 297 Å². The van der Waals surface area contributed by atoms with Gasteiger partial charge in [0.2, 0.25) is 0 Å². The van der Waals surface area contributed by atoms with E-state index in [1.54, 1.807) is 5.30 Å². The van der Waals surface area contributed by atoms with Crippen LogP contribution in [0.5, 0.6) is 11.5 Å². The molecule has 4 aromatic carbocycles. The fourth-order valence-corrected chi connectivity index (χ4v) is 11.8. The Morgan fingerprint density at radius 1 is 0.571 bits per heavy atom. The van der Waals surface area contributed by atoms with Gasteiger partial charge in [0.25, 0.3) is 0 Å². The third kappa shape index (κ3) is 9.43. The molecular weight excluding hydrogens is 619 g/mol. The van der Waals surface area contributed by atoms with Gasteiger partial charge in [-0.1, -0.05) is 119 Å². The van der Waals surface area contributed by atoms with Crippen LogP contribution < -0.4 is 14.8 Å². The lowest BCUT2D eigenvalue weighted by molar-refractivity contribution is 0.112. The molecule has 0 unspecified atom stereocenters. The Balaban J connectivity index is 0.000000212. The van der Waals surface area contributed by atoms with Crippen LogP contribution in [-0.4, -0.2) is 29.8 Å². The molecular formula is C45H57O3P. The molecule has 3 nitrogen and oxygen atoms in total. The highest BCUT2D eigenvalue weighted by molar-refractivity contribution is 7.67. The van der Waals surface area contributed by atoms with Gasteiger partial charge in [-0.05, 0) is 118 Å². The van der Waals surface area contributed by atoms with Gasteiger partial charge in [-0.25, -0.2) is 0 Å². The second-order valence-electron chi connectivity index (χ2n) is 14.4. The van der Waals surface area contributed by atoms with Crippen LogP contribution in [0.3, 0.4) is 0 Å². The zero-order valence-electron chi connectivity index (χ0n) is 30.7. The van der Waals surface area contributed by atoms with E-state index >= 15 is 0 Å². The van der Waals surface area contributed by atoms with Gasteiger partial charge in [-0.2, -0.15) is 0 Å². The fraction of sp³-hybridized carbons (Fsp3) is 0.444. The molecule has 0 spiro atoms. The maximum atomic E-state index is 11.2. The van der Waals surface area contributed by atoms with Gasteiger partial charge in [0.15, 0.2) is 6.29 Å². The second kappa shape index (κ2) is 18.0. The van der Waals surface area contributed by atoms with E-state index in [2.05, 4.69) is 63.2 Å². The number of aryl methyl sites for hydroxylation is 2. The number of rotatable bonds is 10. The van der Waals surface area contributed by atoms with Crippen molar-refractivity contribution in [3.8, 4) is 33.8 Å². The summed E-state index contributed by atoms with van der Waals surface area (Å²) in [4.78, 5) is 11.2. The molecule has 0 aliphatic heterocycles. The number of ether oxygens (including phenoxy) is 2. The first kappa shape index (κ1) is 36.9. The van der Waals surface area contributed by atoms with Crippen molar-refractivity contribution in [2.24, 2.45) is 0 Å². The summed E-state index contributed by atoms with van der Waals surface area (Å²) in [5, 5.41) is 1.66. The average molecular weight is 677 g/mol. The largest absolute Gasteiger partial charge is 0.490 e. The molecule has 260 valence electrons. The van der Waals surface area contributed by atoms with E-state index in [0.29, 0.717) is 5.56 Å². The third-order valence-corrected chi connectivity index (χ3v) is 13.5. The number of benzene rings is 4. The van der Waals surface area contributed by atoms with Gasteiger partial charge in [0.05, 0.1) is 12.2 Å². The zero-order chi connectivity index (χ0) is 34.8. The van der Waals surface area contributed by atoms with E-state index in [-0.39, 0.29) is 20.1 Å². The van der Waals surface area contributed by atoms with Gasteiger partial charge in [0, 0.05) is 16.7 Å². The Bertz CT molecular complexity index is 1630. The van der Waals surface area contributed by atoms with Gasteiger partial charge < -0.3 is 9.47 Å². The Hall–Kier alpha value is -3.42. The SMILES string of the molecule is Cc1cccc(OC(C)C)c1-c1ccccc1C=O.Cc1cccc(OC(C)C)c1-c1ccccc1P(C1CCCCC1)C1CCCCC1. The molecule has 2 fully saturated rings. The molecule has 2 saturated carbocycles. The van der Waals surface area contributed by atoms with E-state index < -0.39 is 0 Å². The first-order valence-electron chi connectivity index (χ1n) is 18.7. The van der Waals surface area contributed by atoms with Gasteiger partial charge in [-0.3, -0.25) is 4.79 Å². The maximum Gasteiger partial charge on any atom is 0.150 e. The summed E-state index contributed by atoms with van der Waals surface area (Å²) in [5.41, 5.74) is 9.66. The van der Waals surface area contributed by atoms with Crippen LogP contribution in [0, 0.1) is 13.8 Å². The van der Waals surface area contributed by atoms with E-state index in [1.165, 1.54) is 80.9 Å². The summed E-state index contributed by atoms with van der Waals surface area (Å²) in [6, 6.07) is 29.5. The summed E-state index contributed by atoms with van der Waals surface area (Å²) in [6.07, 6.45) is 15.6. The molecule has 0 amide bonds. The molecule has 4 aromatic rings. The van der Waals surface area contributed by atoms with Crippen molar-refractivity contribution in [2.75, 3.05) is 0 Å². The molecule has 0 N–H and O–H groups in total. The standard InChI is InChI=1S/C28H39OP.C17H18O2/c1-21(2)29-26-19-12-13-22(3)28(26)25-18-10-11-20-27(25)30(23-14-6-4-7-15-23)24-16-8-5-9-17-24;1-12(2)19-16-10-6-7-13(3)17(16)15-9-5-4-8-14(15)11-18/h10-13,18-21,23-24H,4-9,14-17H2,1-3H3;4-12H,1-3H3.